The summed E-state index contributed by atoms with van der Waals surface area (Å²) >= 11 is 0. The van der Waals surface area contributed by atoms with E-state index in [1.54, 1.807) is 6.33 Å². The number of carbonyl (C=O) groups is 1. The van der Waals surface area contributed by atoms with E-state index in [4.69, 9.17) is 4.74 Å². The monoisotopic (exact) mass is 328 g/mol. The molecule has 2 aliphatic carbocycles. The first-order chi connectivity index (χ1) is 11.8. The molecule has 1 aromatic heterocycles. The van der Waals surface area contributed by atoms with Crippen molar-refractivity contribution in [1.29, 1.82) is 0 Å². The molecule has 1 saturated heterocycles. The van der Waals surface area contributed by atoms with Crippen molar-refractivity contribution < 1.29 is 9.53 Å². The Morgan fingerprint density at radius 1 is 1.21 bits per heavy atom. The predicted octanol–water partition coefficient (Wildman–Crippen LogP) is 1.39. The highest BCUT2D eigenvalue weighted by atomic mass is 16.5. The van der Waals surface area contributed by atoms with Crippen LogP contribution in [0.4, 0.5) is 5.82 Å². The molecule has 24 heavy (non-hydrogen) atoms. The van der Waals surface area contributed by atoms with Gasteiger partial charge in [-0.2, -0.15) is 0 Å². The fourth-order valence-electron chi connectivity index (χ4n) is 4.67. The number of ether oxygens (including phenoxy) is 1. The molecule has 1 spiro atoms. The number of anilines is 1. The van der Waals surface area contributed by atoms with Crippen molar-refractivity contribution in [3.05, 3.63) is 17.6 Å². The number of hydrogen-bond donors (Lipinski definition) is 0. The summed E-state index contributed by atoms with van der Waals surface area (Å²) in [6, 6.07) is 0. The number of rotatable bonds is 2. The molecule has 3 heterocycles. The lowest BCUT2D eigenvalue weighted by Crippen LogP contribution is -2.41. The number of fused-ring (bicyclic) bond motifs is 1. The van der Waals surface area contributed by atoms with Gasteiger partial charge in [0.2, 0.25) is 5.91 Å². The Kier molecular flexibility index (Phi) is 3.30. The number of carbonyl (C=O) groups excluding carboxylic acids is 1. The van der Waals surface area contributed by atoms with Gasteiger partial charge in [0.05, 0.1) is 25.5 Å². The Hall–Kier alpha value is -1.69. The summed E-state index contributed by atoms with van der Waals surface area (Å²) in [7, 11) is 0. The van der Waals surface area contributed by atoms with Crippen LogP contribution < -0.4 is 4.90 Å². The lowest BCUT2D eigenvalue weighted by atomic mass is 9.79. The minimum absolute atomic E-state index is 0.299. The highest BCUT2D eigenvalue weighted by molar-refractivity contribution is 5.83. The zero-order chi connectivity index (χ0) is 16.1. The number of morpholine rings is 1. The van der Waals surface area contributed by atoms with Crippen LogP contribution in [0.1, 0.15) is 36.9 Å². The average Bonchev–Trinajstić information content (AvgIpc) is 3.37. The van der Waals surface area contributed by atoms with E-state index < -0.39 is 0 Å². The normalized spacial score (nSPS) is 27.6. The van der Waals surface area contributed by atoms with Crippen LogP contribution in [0.15, 0.2) is 6.33 Å². The summed E-state index contributed by atoms with van der Waals surface area (Å²) in [4.78, 5) is 26.2. The molecule has 3 fully saturated rings. The number of aromatic nitrogens is 2. The second-order valence-corrected chi connectivity index (χ2v) is 7.70. The summed E-state index contributed by atoms with van der Waals surface area (Å²) in [5, 5.41) is 0. The molecule has 0 unspecified atom stereocenters. The van der Waals surface area contributed by atoms with Gasteiger partial charge in [-0.1, -0.05) is 6.42 Å². The number of nitrogens with zero attached hydrogens (tertiary/aromatic N) is 4. The van der Waals surface area contributed by atoms with Gasteiger partial charge in [-0.05, 0) is 31.1 Å². The number of hydrogen-bond acceptors (Lipinski definition) is 5. The standard InChI is InChI=1S/C18H24N4O2/c23-17(14-10-18(14)3-1-4-18)22-5-2-13-15(11-22)19-12-20-16(13)21-6-8-24-9-7-21/h12,14H,1-11H2/t14-/m1/s1. The van der Waals surface area contributed by atoms with Crippen LogP contribution in [0, 0.1) is 11.3 Å². The van der Waals surface area contributed by atoms with Crippen LogP contribution in [0.3, 0.4) is 0 Å². The minimum Gasteiger partial charge on any atom is -0.378 e. The first-order valence-electron chi connectivity index (χ1n) is 9.21. The van der Waals surface area contributed by atoms with Crippen molar-refractivity contribution in [2.75, 3.05) is 37.7 Å². The van der Waals surface area contributed by atoms with Crippen molar-refractivity contribution in [1.82, 2.24) is 14.9 Å². The van der Waals surface area contributed by atoms with Gasteiger partial charge in [-0.3, -0.25) is 4.79 Å². The lowest BCUT2D eigenvalue weighted by Gasteiger charge is -2.34. The van der Waals surface area contributed by atoms with Crippen molar-refractivity contribution in [2.24, 2.45) is 11.3 Å². The van der Waals surface area contributed by atoms with E-state index in [2.05, 4.69) is 14.9 Å². The maximum Gasteiger partial charge on any atom is 0.226 e. The topological polar surface area (TPSA) is 58.6 Å². The molecular formula is C18H24N4O2. The molecule has 6 heteroatoms. The lowest BCUT2D eigenvalue weighted by molar-refractivity contribution is -0.135. The van der Waals surface area contributed by atoms with E-state index in [1.807, 2.05) is 4.90 Å². The van der Waals surface area contributed by atoms with Gasteiger partial charge in [0.15, 0.2) is 0 Å². The highest BCUT2D eigenvalue weighted by Gasteiger charge is 2.61. The molecule has 1 atom stereocenters. The van der Waals surface area contributed by atoms with Crippen molar-refractivity contribution >= 4 is 11.7 Å². The van der Waals surface area contributed by atoms with Gasteiger partial charge >= 0.3 is 0 Å². The molecule has 0 radical (unpaired) electrons. The first kappa shape index (κ1) is 14.6. The summed E-state index contributed by atoms with van der Waals surface area (Å²) in [5.74, 6) is 1.72. The molecule has 2 aliphatic heterocycles. The Labute approximate surface area is 142 Å². The summed E-state index contributed by atoms with van der Waals surface area (Å²) in [5.41, 5.74) is 2.68. The molecule has 1 aromatic rings. The average molecular weight is 328 g/mol. The van der Waals surface area contributed by atoms with Gasteiger partial charge in [0, 0.05) is 31.1 Å². The van der Waals surface area contributed by atoms with E-state index >= 15 is 0 Å². The molecule has 5 rings (SSSR count). The first-order valence-corrected chi connectivity index (χ1v) is 9.21. The molecule has 6 nitrogen and oxygen atoms in total. The zero-order valence-electron chi connectivity index (χ0n) is 14.0. The van der Waals surface area contributed by atoms with Crippen molar-refractivity contribution in [3.8, 4) is 0 Å². The molecular weight excluding hydrogens is 304 g/mol. The van der Waals surface area contributed by atoms with Gasteiger partial charge in [-0.15, -0.1) is 0 Å². The van der Waals surface area contributed by atoms with E-state index in [1.165, 1.54) is 24.8 Å². The highest BCUT2D eigenvalue weighted by Crippen LogP contribution is 2.66. The molecule has 4 aliphatic rings. The molecule has 1 amide bonds. The Balaban J connectivity index is 1.33. The molecule has 0 bridgehead atoms. The van der Waals surface area contributed by atoms with Crippen molar-refractivity contribution in [2.45, 2.75) is 38.6 Å². The Morgan fingerprint density at radius 2 is 2.04 bits per heavy atom. The van der Waals surface area contributed by atoms with Gasteiger partial charge < -0.3 is 14.5 Å². The van der Waals surface area contributed by atoms with E-state index in [0.717, 1.165) is 57.2 Å². The molecule has 0 N–H and O–H groups in total. The second-order valence-electron chi connectivity index (χ2n) is 7.70. The SMILES string of the molecule is O=C([C@H]1CC12CCC2)N1CCc2c(ncnc2N2CCOCC2)C1. The number of amides is 1. The maximum absolute atomic E-state index is 12.8. The fourth-order valence-corrected chi connectivity index (χ4v) is 4.67. The quantitative estimate of drug-likeness (QED) is 0.821. The molecule has 128 valence electrons. The van der Waals surface area contributed by atoms with Crippen LogP contribution in [0.2, 0.25) is 0 Å². The molecule has 2 saturated carbocycles. The Bertz CT molecular complexity index is 667. The van der Waals surface area contributed by atoms with Crippen LogP contribution in [0.25, 0.3) is 0 Å². The van der Waals surface area contributed by atoms with Crippen LogP contribution >= 0.6 is 0 Å². The smallest absolute Gasteiger partial charge is 0.226 e. The second kappa shape index (κ2) is 5.41. The summed E-state index contributed by atoms with van der Waals surface area (Å²) in [6.07, 6.45) is 7.48. The third-order valence-corrected chi connectivity index (χ3v) is 6.44. The zero-order valence-corrected chi connectivity index (χ0v) is 14.0. The minimum atomic E-state index is 0.299. The summed E-state index contributed by atoms with van der Waals surface area (Å²) < 4.78 is 5.44. The van der Waals surface area contributed by atoms with Crippen molar-refractivity contribution in [3.63, 3.8) is 0 Å². The van der Waals surface area contributed by atoms with E-state index in [-0.39, 0.29) is 0 Å². The largest absolute Gasteiger partial charge is 0.378 e. The maximum atomic E-state index is 12.8. The fraction of sp³-hybridized carbons (Fsp3) is 0.722. The Morgan fingerprint density at radius 3 is 2.75 bits per heavy atom. The van der Waals surface area contributed by atoms with Crippen LogP contribution in [0.5, 0.6) is 0 Å². The van der Waals surface area contributed by atoms with Gasteiger partial charge in [-0.25, -0.2) is 9.97 Å². The third kappa shape index (κ3) is 2.23. The predicted molar refractivity (Wildman–Crippen MR) is 88.6 cm³/mol. The van der Waals surface area contributed by atoms with E-state index in [0.29, 0.717) is 23.8 Å². The van der Waals surface area contributed by atoms with Crippen LogP contribution in [-0.2, 0) is 22.5 Å². The summed E-state index contributed by atoms with van der Waals surface area (Å²) in [6.45, 7) is 4.75. The van der Waals surface area contributed by atoms with Gasteiger partial charge in [0.25, 0.3) is 0 Å². The van der Waals surface area contributed by atoms with Crippen LogP contribution in [-0.4, -0.2) is 53.6 Å². The van der Waals surface area contributed by atoms with E-state index in [9.17, 15) is 4.79 Å². The van der Waals surface area contributed by atoms with Gasteiger partial charge in [0.1, 0.15) is 12.1 Å². The molecule has 0 aromatic carbocycles. The third-order valence-electron chi connectivity index (χ3n) is 6.44.